The Bertz CT molecular complexity index is 559. The summed E-state index contributed by atoms with van der Waals surface area (Å²) in [5.41, 5.74) is 0.549. The number of carbonyl (C=O) groups is 1. The van der Waals surface area contributed by atoms with Crippen molar-refractivity contribution in [2.24, 2.45) is 0 Å². The molecule has 0 spiro atoms. The van der Waals surface area contributed by atoms with E-state index in [-0.39, 0.29) is 5.97 Å². The molecule has 0 saturated carbocycles. The highest BCUT2D eigenvalue weighted by atomic mass is 32.1. The number of rotatable bonds is 3. The first-order valence-corrected chi connectivity index (χ1v) is 5.81. The van der Waals surface area contributed by atoms with Crippen molar-refractivity contribution in [2.45, 2.75) is 0 Å². The molecule has 0 radical (unpaired) electrons. The first-order chi connectivity index (χ1) is 8.22. The molecule has 90 valence electrons. The van der Waals surface area contributed by atoms with Gasteiger partial charge in [-0.05, 0) is 12.1 Å². The third-order valence-corrected chi connectivity index (χ3v) is 3.48. The van der Waals surface area contributed by atoms with Gasteiger partial charge in [0.15, 0.2) is 11.5 Å². The zero-order valence-corrected chi connectivity index (χ0v) is 10.6. The Labute approximate surface area is 103 Å². The first-order valence-electron chi connectivity index (χ1n) is 4.93. The lowest BCUT2D eigenvalue weighted by Crippen LogP contribution is -1.99. The van der Waals surface area contributed by atoms with Gasteiger partial charge in [0.2, 0.25) is 0 Å². The van der Waals surface area contributed by atoms with Crippen LogP contribution in [0, 0.1) is 0 Å². The Morgan fingerprint density at radius 3 is 2.53 bits per heavy atom. The molecule has 1 aromatic heterocycles. The summed E-state index contributed by atoms with van der Waals surface area (Å²) < 4.78 is 16.1. The van der Waals surface area contributed by atoms with Gasteiger partial charge in [0, 0.05) is 10.8 Å². The summed E-state index contributed by atoms with van der Waals surface area (Å²) in [5, 5.41) is 2.58. The van der Waals surface area contributed by atoms with E-state index in [1.807, 2.05) is 6.07 Å². The van der Waals surface area contributed by atoms with Crippen LogP contribution in [0.15, 0.2) is 17.5 Å². The maximum absolute atomic E-state index is 11.6. The summed E-state index contributed by atoms with van der Waals surface area (Å²) in [6.07, 6.45) is 0. The molecule has 0 N–H and O–H groups in total. The van der Waals surface area contributed by atoms with E-state index < -0.39 is 0 Å². The standard InChI is InChI=1S/C12H12O4S/c1-14-9-5-4-7-8(12(13)16-3)6-17-11(7)10(9)15-2/h4-6H,1-3H3. The zero-order valence-electron chi connectivity index (χ0n) is 9.77. The molecule has 1 heterocycles. The van der Waals surface area contributed by atoms with Crippen molar-refractivity contribution in [1.29, 1.82) is 0 Å². The van der Waals surface area contributed by atoms with Crippen molar-refractivity contribution < 1.29 is 19.0 Å². The summed E-state index contributed by atoms with van der Waals surface area (Å²) in [6, 6.07) is 3.61. The van der Waals surface area contributed by atoms with Crippen LogP contribution in [0.25, 0.3) is 10.1 Å². The van der Waals surface area contributed by atoms with Gasteiger partial charge in [0.1, 0.15) is 0 Å². The van der Waals surface area contributed by atoms with E-state index in [0.717, 1.165) is 10.1 Å². The van der Waals surface area contributed by atoms with Crippen molar-refractivity contribution in [2.75, 3.05) is 21.3 Å². The van der Waals surface area contributed by atoms with E-state index in [9.17, 15) is 4.79 Å². The van der Waals surface area contributed by atoms with Crippen LogP contribution in [0.2, 0.25) is 0 Å². The van der Waals surface area contributed by atoms with Gasteiger partial charge in [-0.2, -0.15) is 0 Å². The second-order valence-corrected chi connectivity index (χ2v) is 4.20. The number of benzene rings is 1. The van der Waals surface area contributed by atoms with Gasteiger partial charge in [-0.25, -0.2) is 4.79 Å². The topological polar surface area (TPSA) is 44.8 Å². The average Bonchev–Trinajstić information content (AvgIpc) is 2.80. The molecule has 2 aromatic rings. The van der Waals surface area contributed by atoms with Crippen molar-refractivity contribution in [3.63, 3.8) is 0 Å². The van der Waals surface area contributed by atoms with Crippen molar-refractivity contribution >= 4 is 27.4 Å². The maximum Gasteiger partial charge on any atom is 0.339 e. The van der Waals surface area contributed by atoms with Gasteiger partial charge in [-0.3, -0.25) is 0 Å². The first kappa shape index (κ1) is 11.7. The molecular formula is C12H12O4S. The Balaban J connectivity index is 2.68. The van der Waals surface area contributed by atoms with Crippen LogP contribution in [0.5, 0.6) is 11.5 Å². The van der Waals surface area contributed by atoms with Crippen molar-refractivity contribution in [3.8, 4) is 11.5 Å². The van der Waals surface area contributed by atoms with Gasteiger partial charge < -0.3 is 14.2 Å². The van der Waals surface area contributed by atoms with E-state index in [1.165, 1.54) is 18.4 Å². The highest BCUT2D eigenvalue weighted by Gasteiger charge is 2.17. The Hall–Kier alpha value is -1.75. The summed E-state index contributed by atoms with van der Waals surface area (Å²) in [5.74, 6) is 0.951. The lowest BCUT2D eigenvalue weighted by atomic mass is 10.1. The van der Waals surface area contributed by atoms with Gasteiger partial charge >= 0.3 is 5.97 Å². The molecule has 0 fully saturated rings. The molecular weight excluding hydrogens is 240 g/mol. The van der Waals surface area contributed by atoms with Gasteiger partial charge in [-0.15, -0.1) is 11.3 Å². The van der Waals surface area contributed by atoms with Crippen molar-refractivity contribution in [3.05, 3.63) is 23.1 Å². The second-order valence-electron chi connectivity index (χ2n) is 3.32. The second kappa shape index (κ2) is 4.63. The molecule has 0 aliphatic carbocycles. The van der Waals surface area contributed by atoms with Crippen LogP contribution in [0.1, 0.15) is 10.4 Å². The fourth-order valence-electron chi connectivity index (χ4n) is 1.68. The van der Waals surface area contributed by atoms with Crippen LogP contribution in [0.3, 0.4) is 0 Å². The molecule has 1 aromatic carbocycles. The SMILES string of the molecule is COC(=O)c1csc2c(OC)c(OC)ccc12. The average molecular weight is 252 g/mol. The fraction of sp³-hybridized carbons (Fsp3) is 0.250. The Morgan fingerprint density at radius 2 is 1.94 bits per heavy atom. The van der Waals surface area contributed by atoms with E-state index in [1.54, 1.807) is 25.7 Å². The highest BCUT2D eigenvalue weighted by molar-refractivity contribution is 7.18. The molecule has 0 unspecified atom stereocenters. The van der Waals surface area contributed by atoms with E-state index >= 15 is 0 Å². The van der Waals surface area contributed by atoms with Crippen LogP contribution < -0.4 is 9.47 Å². The number of ether oxygens (including phenoxy) is 3. The minimum absolute atomic E-state index is 0.344. The normalized spacial score (nSPS) is 10.3. The molecule has 0 bridgehead atoms. The Kier molecular flexibility index (Phi) is 3.19. The molecule has 0 amide bonds. The summed E-state index contributed by atoms with van der Waals surface area (Å²) in [7, 11) is 4.53. The maximum atomic E-state index is 11.6. The molecule has 0 atom stereocenters. The number of hydrogen-bond acceptors (Lipinski definition) is 5. The number of carbonyl (C=O) groups excluding carboxylic acids is 1. The van der Waals surface area contributed by atoms with Crippen molar-refractivity contribution in [1.82, 2.24) is 0 Å². The number of thiophene rings is 1. The molecule has 0 aliphatic rings. The summed E-state index contributed by atoms with van der Waals surface area (Å²) >= 11 is 1.43. The predicted octanol–water partition coefficient (Wildman–Crippen LogP) is 2.71. The molecule has 17 heavy (non-hydrogen) atoms. The van der Waals surface area contributed by atoms with Crippen LogP contribution >= 0.6 is 11.3 Å². The monoisotopic (exact) mass is 252 g/mol. The number of esters is 1. The number of hydrogen-bond donors (Lipinski definition) is 0. The van der Waals surface area contributed by atoms with Gasteiger partial charge in [0.05, 0.1) is 31.6 Å². The van der Waals surface area contributed by atoms with Crippen LogP contribution in [-0.4, -0.2) is 27.3 Å². The third-order valence-electron chi connectivity index (χ3n) is 2.49. The van der Waals surface area contributed by atoms with Crippen LogP contribution in [0.4, 0.5) is 0 Å². The largest absolute Gasteiger partial charge is 0.493 e. The van der Waals surface area contributed by atoms with Gasteiger partial charge in [-0.1, -0.05) is 0 Å². The minimum atomic E-state index is -0.344. The lowest BCUT2D eigenvalue weighted by molar-refractivity contribution is 0.0603. The van der Waals surface area contributed by atoms with Crippen LogP contribution in [-0.2, 0) is 4.74 Å². The van der Waals surface area contributed by atoms with Gasteiger partial charge in [0.25, 0.3) is 0 Å². The van der Waals surface area contributed by atoms with E-state index in [4.69, 9.17) is 14.2 Å². The lowest BCUT2D eigenvalue weighted by Gasteiger charge is -2.08. The molecule has 0 saturated heterocycles. The number of fused-ring (bicyclic) bond motifs is 1. The minimum Gasteiger partial charge on any atom is -0.493 e. The predicted molar refractivity (Wildman–Crippen MR) is 66.3 cm³/mol. The quantitative estimate of drug-likeness (QED) is 0.788. The molecule has 2 rings (SSSR count). The summed E-state index contributed by atoms with van der Waals surface area (Å²) in [4.78, 5) is 11.6. The fourth-order valence-corrected chi connectivity index (χ4v) is 2.73. The molecule has 4 nitrogen and oxygen atoms in total. The van der Waals surface area contributed by atoms with E-state index in [0.29, 0.717) is 17.1 Å². The summed E-state index contributed by atoms with van der Waals surface area (Å²) in [6.45, 7) is 0. The Morgan fingerprint density at radius 1 is 1.18 bits per heavy atom. The molecule has 5 heteroatoms. The zero-order chi connectivity index (χ0) is 12.4. The van der Waals surface area contributed by atoms with E-state index in [2.05, 4.69) is 0 Å². The molecule has 0 aliphatic heterocycles. The number of methoxy groups -OCH3 is 3. The third kappa shape index (κ3) is 1.82. The smallest absolute Gasteiger partial charge is 0.339 e. The highest BCUT2D eigenvalue weighted by Crippen LogP contribution is 2.40.